The second-order valence-corrected chi connectivity index (χ2v) is 12.3. The molecule has 2 amide bonds. The number of nitrogens with one attached hydrogen (secondary N) is 1. The number of sulfonamides is 1. The summed E-state index contributed by atoms with van der Waals surface area (Å²) in [5, 5.41) is 3.42. The topological polar surface area (TPSA) is 86.8 Å². The van der Waals surface area contributed by atoms with Gasteiger partial charge in [-0.1, -0.05) is 62.2 Å². The normalized spacial score (nSPS) is 12.2. The zero-order chi connectivity index (χ0) is 29.4. The number of hydrogen-bond donors (Lipinski definition) is 1. The molecule has 3 rings (SSSR count). The minimum Gasteiger partial charge on any atom is -0.354 e. The fourth-order valence-electron chi connectivity index (χ4n) is 4.10. The number of halogens is 2. The molecule has 214 valence electrons. The van der Waals surface area contributed by atoms with Gasteiger partial charge < -0.3 is 10.2 Å². The van der Waals surface area contributed by atoms with Gasteiger partial charge in [0.15, 0.2) is 0 Å². The largest absolute Gasteiger partial charge is 0.354 e. The van der Waals surface area contributed by atoms with Crippen LogP contribution >= 0.6 is 11.6 Å². The fraction of sp³-hybridized carbons (Fsp3) is 0.333. The summed E-state index contributed by atoms with van der Waals surface area (Å²) in [7, 11) is -4.26. The quantitative estimate of drug-likeness (QED) is 0.300. The first-order valence-electron chi connectivity index (χ1n) is 13.1. The number of anilines is 1. The summed E-state index contributed by atoms with van der Waals surface area (Å²) < 4.78 is 42.1. The Labute approximate surface area is 241 Å². The average Bonchev–Trinajstić information content (AvgIpc) is 2.92. The Morgan fingerprint density at radius 1 is 0.950 bits per heavy atom. The molecule has 0 fully saturated rings. The van der Waals surface area contributed by atoms with Crippen LogP contribution in [0.25, 0.3) is 0 Å². The van der Waals surface area contributed by atoms with E-state index < -0.39 is 34.3 Å². The average molecular weight is 588 g/mol. The molecule has 40 heavy (non-hydrogen) atoms. The number of benzene rings is 3. The van der Waals surface area contributed by atoms with Crippen molar-refractivity contribution in [3.8, 4) is 0 Å². The third kappa shape index (κ3) is 8.05. The van der Waals surface area contributed by atoms with Crippen LogP contribution in [0.1, 0.15) is 38.3 Å². The second-order valence-electron chi connectivity index (χ2n) is 10.0. The first-order valence-corrected chi connectivity index (χ1v) is 14.9. The Bertz CT molecular complexity index is 1400. The van der Waals surface area contributed by atoms with Crippen molar-refractivity contribution < 1.29 is 22.4 Å². The highest BCUT2D eigenvalue weighted by molar-refractivity contribution is 7.92. The lowest BCUT2D eigenvalue weighted by Gasteiger charge is -2.33. The van der Waals surface area contributed by atoms with E-state index in [-0.39, 0.29) is 29.0 Å². The standard InChI is InChI=1S/C30H35ClFN3O4S/c1-5-28(30(37)33-18-21(2)3)34(19-23-8-10-24(31)11-9-23)29(36)20-35(26-14-6-22(4)7-15-26)40(38,39)27-16-12-25(32)13-17-27/h6-17,21,28H,5,18-20H2,1-4H3,(H,33,37)/t28-/m1/s1. The molecule has 0 bridgehead atoms. The molecule has 0 saturated heterocycles. The highest BCUT2D eigenvalue weighted by atomic mass is 35.5. The third-order valence-electron chi connectivity index (χ3n) is 6.34. The van der Waals surface area contributed by atoms with Crippen LogP contribution in [0.15, 0.2) is 77.7 Å². The molecule has 7 nitrogen and oxygen atoms in total. The number of rotatable bonds is 12. The van der Waals surface area contributed by atoms with Crippen LogP contribution in [0.4, 0.5) is 10.1 Å². The van der Waals surface area contributed by atoms with Crippen LogP contribution in [0.2, 0.25) is 5.02 Å². The molecular weight excluding hydrogens is 553 g/mol. The Balaban J connectivity index is 2.03. The number of aryl methyl sites for hydroxylation is 1. The van der Waals surface area contributed by atoms with E-state index in [0.717, 1.165) is 39.7 Å². The maximum Gasteiger partial charge on any atom is 0.264 e. The first kappa shape index (κ1) is 31.1. The third-order valence-corrected chi connectivity index (χ3v) is 8.38. The van der Waals surface area contributed by atoms with Gasteiger partial charge in [-0.15, -0.1) is 0 Å². The number of carbonyl (C=O) groups is 2. The molecule has 0 spiro atoms. The van der Waals surface area contributed by atoms with Crippen molar-refractivity contribution in [1.29, 1.82) is 0 Å². The summed E-state index contributed by atoms with van der Waals surface area (Å²) in [6.45, 7) is 7.55. The molecule has 0 saturated carbocycles. The van der Waals surface area contributed by atoms with Gasteiger partial charge in [-0.3, -0.25) is 13.9 Å². The summed E-state index contributed by atoms with van der Waals surface area (Å²) in [6, 6.07) is 17.2. The first-order chi connectivity index (χ1) is 18.9. The van der Waals surface area contributed by atoms with Crippen LogP contribution in [-0.2, 0) is 26.2 Å². The predicted octanol–water partition coefficient (Wildman–Crippen LogP) is 5.56. The van der Waals surface area contributed by atoms with Gasteiger partial charge in [-0.05, 0) is 73.4 Å². The van der Waals surface area contributed by atoms with Gasteiger partial charge in [0.25, 0.3) is 10.0 Å². The molecule has 0 aromatic heterocycles. The van der Waals surface area contributed by atoms with Crippen molar-refractivity contribution in [3.63, 3.8) is 0 Å². The summed E-state index contributed by atoms with van der Waals surface area (Å²) >= 11 is 6.05. The van der Waals surface area contributed by atoms with Crippen LogP contribution in [0.3, 0.4) is 0 Å². The lowest BCUT2D eigenvalue weighted by molar-refractivity contribution is -0.140. The molecular formula is C30H35ClFN3O4S. The van der Waals surface area contributed by atoms with Crippen molar-refractivity contribution in [2.45, 2.75) is 51.6 Å². The molecule has 0 aliphatic carbocycles. The van der Waals surface area contributed by atoms with Gasteiger partial charge in [0.2, 0.25) is 11.8 Å². The van der Waals surface area contributed by atoms with E-state index in [0.29, 0.717) is 18.0 Å². The zero-order valence-corrected chi connectivity index (χ0v) is 24.7. The number of nitrogens with zero attached hydrogens (tertiary/aromatic N) is 2. The number of carbonyl (C=O) groups excluding carboxylic acids is 2. The molecule has 3 aromatic carbocycles. The monoisotopic (exact) mass is 587 g/mol. The Hall–Kier alpha value is -3.43. The van der Waals surface area contributed by atoms with Crippen molar-refractivity contribution in [2.75, 3.05) is 17.4 Å². The van der Waals surface area contributed by atoms with Gasteiger partial charge in [-0.2, -0.15) is 0 Å². The van der Waals surface area contributed by atoms with E-state index in [9.17, 15) is 22.4 Å². The number of amides is 2. The molecule has 0 aliphatic rings. The zero-order valence-electron chi connectivity index (χ0n) is 23.1. The van der Waals surface area contributed by atoms with E-state index in [2.05, 4.69) is 5.32 Å². The number of hydrogen-bond acceptors (Lipinski definition) is 4. The van der Waals surface area contributed by atoms with Gasteiger partial charge in [0.05, 0.1) is 10.6 Å². The van der Waals surface area contributed by atoms with E-state index in [1.165, 1.54) is 4.90 Å². The minimum absolute atomic E-state index is 0.0714. The lowest BCUT2D eigenvalue weighted by Crippen LogP contribution is -2.52. The van der Waals surface area contributed by atoms with E-state index in [4.69, 9.17) is 11.6 Å². The van der Waals surface area contributed by atoms with Crippen LogP contribution in [-0.4, -0.2) is 44.3 Å². The fourth-order valence-corrected chi connectivity index (χ4v) is 5.64. The summed E-state index contributed by atoms with van der Waals surface area (Å²) in [6.07, 6.45) is 0.318. The van der Waals surface area contributed by atoms with Crippen molar-refractivity contribution >= 4 is 39.1 Å². The molecule has 1 N–H and O–H groups in total. The van der Waals surface area contributed by atoms with Crippen LogP contribution in [0.5, 0.6) is 0 Å². The smallest absolute Gasteiger partial charge is 0.264 e. The Morgan fingerprint density at radius 3 is 2.10 bits per heavy atom. The van der Waals surface area contributed by atoms with E-state index in [1.807, 2.05) is 20.8 Å². The van der Waals surface area contributed by atoms with Crippen LogP contribution < -0.4 is 9.62 Å². The second kappa shape index (κ2) is 13.8. The lowest BCUT2D eigenvalue weighted by atomic mass is 10.1. The maximum atomic E-state index is 14.0. The molecule has 10 heteroatoms. The van der Waals surface area contributed by atoms with Gasteiger partial charge >= 0.3 is 0 Å². The molecule has 1 atom stereocenters. The van der Waals surface area contributed by atoms with Gasteiger partial charge in [0, 0.05) is 18.1 Å². The Morgan fingerprint density at radius 2 is 1.55 bits per heavy atom. The van der Waals surface area contributed by atoms with Gasteiger partial charge in [-0.25, -0.2) is 12.8 Å². The van der Waals surface area contributed by atoms with Gasteiger partial charge in [0.1, 0.15) is 18.4 Å². The molecule has 0 radical (unpaired) electrons. The Kier molecular flexibility index (Phi) is 10.7. The molecule has 0 heterocycles. The minimum atomic E-state index is -4.26. The summed E-state index contributed by atoms with van der Waals surface area (Å²) in [5.74, 6) is -1.25. The van der Waals surface area contributed by atoms with E-state index in [1.54, 1.807) is 55.5 Å². The highest BCUT2D eigenvalue weighted by Gasteiger charge is 2.33. The van der Waals surface area contributed by atoms with Crippen molar-refractivity contribution in [1.82, 2.24) is 10.2 Å². The predicted molar refractivity (Wildman–Crippen MR) is 156 cm³/mol. The SMILES string of the molecule is CC[C@H](C(=O)NCC(C)C)N(Cc1ccc(Cl)cc1)C(=O)CN(c1ccc(C)cc1)S(=O)(=O)c1ccc(F)cc1. The molecule has 3 aromatic rings. The highest BCUT2D eigenvalue weighted by Crippen LogP contribution is 2.25. The van der Waals surface area contributed by atoms with Crippen molar-refractivity contribution in [3.05, 3.63) is 94.8 Å². The maximum absolute atomic E-state index is 14.0. The van der Waals surface area contributed by atoms with E-state index >= 15 is 0 Å². The molecule has 0 aliphatic heterocycles. The summed E-state index contributed by atoms with van der Waals surface area (Å²) in [4.78, 5) is 28.5. The molecule has 0 unspecified atom stereocenters. The van der Waals surface area contributed by atoms with Crippen molar-refractivity contribution in [2.24, 2.45) is 5.92 Å². The van der Waals surface area contributed by atoms with Crippen LogP contribution in [0, 0.1) is 18.7 Å². The summed E-state index contributed by atoms with van der Waals surface area (Å²) in [5.41, 5.74) is 1.91.